The van der Waals surface area contributed by atoms with Crippen LogP contribution in [0.3, 0.4) is 0 Å². The summed E-state index contributed by atoms with van der Waals surface area (Å²) in [5.41, 5.74) is 3.26. The highest BCUT2D eigenvalue weighted by Crippen LogP contribution is 2.23. The Kier molecular flexibility index (Phi) is 7.29. The Morgan fingerprint density at radius 2 is 1.91 bits per heavy atom. The second-order valence-corrected chi connectivity index (χ2v) is 7.27. The summed E-state index contributed by atoms with van der Waals surface area (Å²) in [5, 5.41) is 0. The number of carbonyl (C=O) groups excluding carboxylic acids is 1. The van der Waals surface area contributed by atoms with Crippen molar-refractivity contribution in [3.8, 4) is 0 Å². The van der Waals surface area contributed by atoms with Crippen LogP contribution in [0.25, 0.3) is 0 Å². The average Bonchev–Trinajstić information content (AvgIpc) is 2.54. The number of ketones is 1. The van der Waals surface area contributed by atoms with Gasteiger partial charge in [0.05, 0.1) is 0 Å². The van der Waals surface area contributed by atoms with Gasteiger partial charge in [0.1, 0.15) is 0 Å². The number of piperidine rings is 1. The standard InChI is InChI=1S/C21H33NO/c1-4-5-7-19-11-14-22(15-12-19)13-6-8-21(23)20-10-9-17(2)16-18(20)3/h9-10,16,19H,4-8,11-15H2,1-3H3. The summed E-state index contributed by atoms with van der Waals surface area (Å²) >= 11 is 0. The number of Topliss-reactive ketones (excluding diaryl/α,β-unsaturated/α-hetero) is 1. The first-order valence-electron chi connectivity index (χ1n) is 9.43. The number of benzene rings is 1. The maximum Gasteiger partial charge on any atom is 0.163 e. The smallest absolute Gasteiger partial charge is 0.163 e. The highest BCUT2D eigenvalue weighted by atomic mass is 16.1. The third-order valence-corrected chi connectivity index (χ3v) is 5.23. The molecule has 128 valence electrons. The second kappa shape index (κ2) is 9.22. The van der Waals surface area contributed by atoms with Gasteiger partial charge in [0.25, 0.3) is 0 Å². The molecule has 0 atom stereocenters. The molecule has 2 nitrogen and oxygen atoms in total. The quantitative estimate of drug-likeness (QED) is 0.617. The zero-order valence-corrected chi connectivity index (χ0v) is 15.2. The van der Waals surface area contributed by atoms with Crippen molar-refractivity contribution in [2.24, 2.45) is 5.92 Å². The van der Waals surface area contributed by atoms with Crippen LogP contribution in [0.5, 0.6) is 0 Å². The molecule has 0 aromatic heterocycles. The van der Waals surface area contributed by atoms with Crippen molar-refractivity contribution in [2.75, 3.05) is 19.6 Å². The fourth-order valence-electron chi connectivity index (χ4n) is 3.72. The third kappa shape index (κ3) is 5.76. The molecule has 23 heavy (non-hydrogen) atoms. The predicted molar refractivity (Wildman–Crippen MR) is 98.2 cm³/mol. The van der Waals surface area contributed by atoms with Gasteiger partial charge in [-0.15, -0.1) is 0 Å². The number of aryl methyl sites for hydroxylation is 2. The van der Waals surface area contributed by atoms with E-state index in [1.54, 1.807) is 0 Å². The molecular weight excluding hydrogens is 282 g/mol. The summed E-state index contributed by atoms with van der Waals surface area (Å²) in [7, 11) is 0. The van der Waals surface area contributed by atoms with Gasteiger partial charge in [-0.25, -0.2) is 0 Å². The van der Waals surface area contributed by atoms with E-state index < -0.39 is 0 Å². The molecule has 0 N–H and O–H groups in total. The topological polar surface area (TPSA) is 20.3 Å². The maximum absolute atomic E-state index is 12.4. The first kappa shape index (κ1) is 18.2. The lowest BCUT2D eigenvalue weighted by Crippen LogP contribution is -2.34. The van der Waals surface area contributed by atoms with Crippen molar-refractivity contribution in [1.29, 1.82) is 0 Å². The Morgan fingerprint density at radius 1 is 1.17 bits per heavy atom. The van der Waals surface area contributed by atoms with Gasteiger partial charge in [-0.1, -0.05) is 49.9 Å². The molecule has 1 fully saturated rings. The molecular formula is C21H33NO. The molecule has 0 radical (unpaired) electrons. The number of rotatable bonds is 8. The van der Waals surface area contributed by atoms with Gasteiger partial charge in [-0.3, -0.25) is 4.79 Å². The van der Waals surface area contributed by atoms with Crippen molar-refractivity contribution in [3.63, 3.8) is 0 Å². The predicted octanol–water partition coefficient (Wildman–Crippen LogP) is 5.17. The van der Waals surface area contributed by atoms with Crippen LogP contribution in [0.2, 0.25) is 0 Å². The molecule has 0 unspecified atom stereocenters. The third-order valence-electron chi connectivity index (χ3n) is 5.23. The molecule has 0 bridgehead atoms. The molecule has 2 heteroatoms. The van der Waals surface area contributed by atoms with Crippen molar-refractivity contribution in [2.45, 2.75) is 65.7 Å². The van der Waals surface area contributed by atoms with E-state index in [0.29, 0.717) is 12.2 Å². The van der Waals surface area contributed by atoms with Crippen molar-refractivity contribution < 1.29 is 4.79 Å². The Balaban J connectivity index is 1.68. The summed E-state index contributed by atoms with van der Waals surface area (Å²) < 4.78 is 0. The molecule has 1 aromatic carbocycles. The molecule has 0 saturated carbocycles. The molecule has 0 aliphatic carbocycles. The Bertz CT molecular complexity index is 501. The second-order valence-electron chi connectivity index (χ2n) is 7.27. The van der Waals surface area contributed by atoms with E-state index in [1.165, 1.54) is 50.8 Å². The normalized spacial score (nSPS) is 16.7. The SMILES string of the molecule is CCCCC1CCN(CCCC(=O)c2ccc(C)cc2C)CC1. The van der Waals surface area contributed by atoms with Crippen molar-refractivity contribution in [3.05, 3.63) is 34.9 Å². The van der Waals surface area contributed by atoms with Crippen LogP contribution >= 0.6 is 0 Å². The number of unbranched alkanes of at least 4 members (excludes halogenated alkanes) is 1. The van der Waals surface area contributed by atoms with Crippen molar-refractivity contribution in [1.82, 2.24) is 4.90 Å². The minimum atomic E-state index is 0.306. The highest BCUT2D eigenvalue weighted by Gasteiger charge is 2.18. The minimum absolute atomic E-state index is 0.306. The molecule has 0 spiro atoms. The largest absolute Gasteiger partial charge is 0.303 e. The molecule has 1 heterocycles. The number of hydrogen-bond donors (Lipinski definition) is 0. The van der Waals surface area contributed by atoms with Crippen LogP contribution in [0.1, 0.15) is 73.4 Å². The molecule has 1 aromatic rings. The summed E-state index contributed by atoms with van der Waals surface area (Å²) in [6, 6.07) is 6.14. The fourth-order valence-corrected chi connectivity index (χ4v) is 3.72. The van der Waals surface area contributed by atoms with Crippen LogP contribution in [-0.4, -0.2) is 30.3 Å². The Morgan fingerprint density at radius 3 is 2.57 bits per heavy atom. The zero-order valence-electron chi connectivity index (χ0n) is 15.2. The van der Waals surface area contributed by atoms with Crippen LogP contribution in [-0.2, 0) is 0 Å². The van der Waals surface area contributed by atoms with E-state index >= 15 is 0 Å². The fraction of sp³-hybridized carbons (Fsp3) is 0.667. The molecule has 1 aliphatic rings. The van der Waals surface area contributed by atoms with Gasteiger partial charge in [-0.2, -0.15) is 0 Å². The van der Waals surface area contributed by atoms with E-state index in [9.17, 15) is 4.79 Å². The monoisotopic (exact) mass is 315 g/mol. The number of likely N-dealkylation sites (tertiary alicyclic amines) is 1. The van der Waals surface area contributed by atoms with Crippen LogP contribution in [0, 0.1) is 19.8 Å². The lowest BCUT2D eigenvalue weighted by molar-refractivity contribution is 0.0969. The van der Waals surface area contributed by atoms with Gasteiger partial charge in [0.2, 0.25) is 0 Å². The van der Waals surface area contributed by atoms with E-state index in [2.05, 4.69) is 24.8 Å². The van der Waals surface area contributed by atoms with Crippen LogP contribution in [0.4, 0.5) is 0 Å². The Labute approximate surface area is 142 Å². The van der Waals surface area contributed by atoms with Crippen molar-refractivity contribution >= 4 is 5.78 Å². The minimum Gasteiger partial charge on any atom is -0.303 e. The van der Waals surface area contributed by atoms with Gasteiger partial charge in [-0.05, 0) is 64.2 Å². The first-order chi connectivity index (χ1) is 11.1. The average molecular weight is 316 g/mol. The number of nitrogens with zero attached hydrogens (tertiary/aromatic N) is 1. The molecule has 1 saturated heterocycles. The summed E-state index contributed by atoms with van der Waals surface area (Å²) in [6.45, 7) is 9.93. The lowest BCUT2D eigenvalue weighted by Gasteiger charge is -2.31. The molecule has 0 amide bonds. The number of hydrogen-bond acceptors (Lipinski definition) is 2. The van der Waals surface area contributed by atoms with E-state index in [-0.39, 0.29) is 0 Å². The van der Waals surface area contributed by atoms with Gasteiger partial charge in [0.15, 0.2) is 5.78 Å². The lowest BCUT2D eigenvalue weighted by atomic mass is 9.91. The molecule has 1 aliphatic heterocycles. The molecule has 2 rings (SSSR count). The van der Waals surface area contributed by atoms with E-state index in [4.69, 9.17) is 0 Å². The van der Waals surface area contributed by atoms with Gasteiger partial charge >= 0.3 is 0 Å². The maximum atomic E-state index is 12.4. The summed E-state index contributed by atoms with van der Waals surface area (Å²) in [5.74, 6) is 1.25. The Hall–Kier alpha value is -1.15. The van der Waals surface area contributed by atoms with Gasteiger partial charge in [0, 0.05) is 12.0 Å². The first-order valence-corrected chi connectivity index (χ1v) is 9.43. The zero-order chi connectivity index (χ0) is 16.7. The summed E-state index contributed by atoms with van der Waals surface area (Å²) in [6.07, 6.45) is 8.49. The van der Waals surface area contributed by atoms with Crippen LogP contribution in [0.15, 0.2) is 18.2 Å². The van der Waals surface area contributed by atoms with E-state index in [1.807, 2.05) is 19.1 Å². The summed E-state index contributed by atoms with van der Waals surface area (Å²) in [4.78, 5) is 14.9. The highest BCUT2D eigenvalue weighted by molar-refractivity contribution is 5.97. The van der Waals surface area contributed by atoms with Gasteiger partial charge < -0.3 is 4.90 Å². The number of carbonyl (C=O) groups is 1. The van der Waals surface area contributed by atoms with E-state index in [0.717, 1.165) is 30.0 Å². The van der Waals surface area contributed by atoms with Crippen LogP contribution < -0.4 is 0 Å².